The number of hydrogen-bond acceptors (Lipinski definition) is 3. The van der Waals surface area contributed by atoms with E-state index >= 15 is 0 Å². The molecule has 5 heteroatoms. The van der Waals surface area contributed by atoms with Crippen LogP contribution in [0.4, 0.5) is 4.39 Å². The molecule has 1 aromatic rings. The fourth-order valence-corrected chi connectivity index (χ4v) is 1.82. The van der Waals surface area contributed by atoms with E-state index in [9.17, 15) is 9.18 Å². The summed E-state index contributed by atoms with van der Waals surface area (Å²) < 4.78 is 13.5. The van der Waals surface area contributed by atoms with Gasteiger partial charge in [0, 0.05) is 18.7 Å². The monoisotopic (exact) mass is 278 g/mol. The third kappa shape index (κ3) is 5.83. The van der Waals surface area contributed by atoms with Gasteiger partial charge < -0.3 is 10.4 Å². The van der Waals surface area contributed by atoms with Crippen molar-refractivity contribution in [1.29, 1.82) is 0 Å². The van der Waals surface area contributed by atoms with Gasteiger partial charge in [-0.15, -0.1) is 0 Å². The average molecular weight is 278 g/mol. The van der Waals surface area contributed by atoms with Crippen molar-refractivity contribution in [2.24, 2.45) is 0 Å². The Morgan fingerprint density at radius 2 is 2.20 bits per heavy atom. The molecule has 0 aromatic heterocycles. The minimum absolute atomic E-state index is 0.0632. The number of rotatable bonds is 5. The predicted octanol–water partition coefficient (Wildman–Crippen LogP) is 0.737. The van der Waals surface area contributed by atoms with Crippen molar-refractivity contribution in [3.05, 3.63) is 35.1 Å². The van der Waals surface area contributed by atoms with Crippen LogP contribution in [0.15, 0.2) is 18.2 Å². The Labute approximate surface area is 118 Å². The van der Waals surface area contributed by atoms with Crippen LogP contribution >= 0.6 is 0 Å². The molecule has 1 aromatic carbocycles. The molecule has 0 atom stereocenters. The van der Waals surface area contributed by atoms with Crippen molar-refractivity contribution in [2.45, 2.75) is 13.5 Å². The van der Waals surface area contributed by atoms with E-state index in [1.54, 1.807) is 18.0 Å². The lowest BCUT2D eigenvalue weighted by molar-refractivity contribution is -0.121. The lowest BCUT2D eigenvalue weighted by atomic mass is 10.1. The Kier molecular flexibility index (Phi) is 6.71. The van der Waals surface area contributed by atoms with Gasteiger partial charge >= 0.3 is 0 Å². The maximum Gasteiger partial charge on any atom is 0.234 e. The molecule has 1 amide bonds. The van der Waals surface area contributed by atoms with Gasteiger partial charge in [0.1, 0.15) is 12.4 Å². The van der Waals surface area contributed by atoms with Gasteiger partial charge in [-0.05, 0) is 37.7 Å². The van der Waals surface area contributed by atoms with Gasteiger partial charge in [-0.3, -0.25) is 9.69 Å². The van der Waals surface area contributed by atoms with E-state index in [2.05, 4.69) is 17.2 Å². The number of nitrogens with zero attached hydrogens (tertiary/aromatic N) is 1. The maximum absolute atomic E-state index is 13.5. The third-order valence-corrected chi connectivity index (χ3v) is 2.51. The Hall–Kier alpha value is -1.90. The molecule has 0 aliphatic carbocycles. The van der Waals surface area contributed by atoms with Gasteiger partial charge in [-0.25, -0.2) is 4.39 Å². The molecule has 1 rings (SSSR count). The van der Waals surface area contributed by atoms with E-state index in [-0.39, 0.29) is 24.9 Å². The number of carbonyl (C=O) groups is 1. The number of aliphatic hydroxyl groups excluding tert-OH is 1. The number of nitrogens with one attached hydrogen (secondary N) is 1. The van der Waals surface area contributed by atoms with Gasteiger partial charge in [-0.2, -0.15) is 0 Å². The van der Waals surface area contributed by atoms with E-state index in [0.717, 1.165) is 5.56 Å². The number of likely N-dealkylation sites (N-methyl/N-ethyl adjacent to an activating group) is 2. The summed E-state index contributed by atoms with van der Waals surface area (Å²) in [6, 6.07) is 4.48. The summed E-state index contributed by atoms with van der Waals surface area (Å²) in [5.41, 5.74) is 1.25. The van der Waals surface area contributed by atoms with Crippen LogP contribution in [-0.4, -0.2) is 42.7 Å². The second-order valence-electron chi connectivity index (χ2n) is 4.43. The standard InChI is InChI=1S/C15H19FN2O2/c1-3-17-15(20)11-18(2)10-13-7-12(5-4-6-19)8-14(16)9-13/h7-9,19H,3,6,10-11H2,1-2H3,(H,17,20). The van der Waals surface area contributed by atoms with Crippen molar-refractivity contribution < 1.29 is 14.3 Å². The minimum Gasteiger partial charge on any atom is -0.384 e. The first kappa shape index (κ1) is 16.2. The average Bonchev–Trinajstić information content (AvgIpc) is 2.35. The molecule has 2 N–H and O–H groups in total. The summed E-state index contributed by atoms with van der Waals surface area (Å²) in [4.78, 5) is 13.2. The molecule has 0 fully saturated rings. The number of benzene rings is 1. The van der Waals surface area contributed by atoms with Crippen molar-refractivity contribution in [3.8, 4) is 11.8 Å². The number of carbonyl (C=O) groups excluding carboxylic acids is 1. The van der Waals surface area contributed by atoms with Crippen molar-refractivity contribution in [3.63, 3.8) is 0 Å². The maximum atomic E-state index is 13.5. The summed E-state index contributed by atoms with van der Waals surface area (Å²) in [7, 11) is 1.79. The highest BCUT2D eigenvalue weighted by molar-refractivity contribution is 5.77. The van der Waals surface area contributed by atoms with Crippen LogP contribution in [0.25, 0.3) is 0 Å². The molecule has 4 nitrogen and oxygen atoms in total. The van der Waals surface area contributed by atoms with Crippen LogP contribution in [0.2, 0.25) is 0 Å². The van der Waals surface area contributed by atoms with Gasteiger partial charge in [0.25, 0.3) is 0 Å². The van der Waals surface area contributed by atoms with E-state index in [4.69, 9.17) is 5.11 Å². The van der Waals surface area contributed by atoms with Gasteiger partial charge in [0.2, 0.25) is 5.91 Å². The highest BCUT2D eigenvalue weighted by atomic mass is 19.1. The lowest BCUT2D eigenvalue weighted by Crippen LogP contribution is -2.34. The van der Waals surface area contributed by atoms with E-state index in [1.165, 1.54) is 12.1 Å². The normalized spacial score (nSPS) is 10.1. The third-order valence-electron chi connectivity index (χ3n) is 2.51. The second kappa shape index (κ2) is 8.31. The van der Waals surface area contributed by atoms with Crippen LogP contribution in [0, 0.1) is 17.7 Å². The van der Waals surface area contributed by atoms with Crippen LogP contribution in [0.3, 0.4) is 0 Å². The summed E-state index contributed by atoms with van der Waals surface area (Å²) in [6.07, 6.45) is 0. The lowest BCUT2D eigenvalue weighted by Gasteiger charge is -2.16. The largest absolute Gasteiger partial charge is 0.384 e. The Balaban J connectivity index is 2.71. The fourth-order valence-electron chi connectivity index (χ4n) is 1.82. The molecule has 0 saturated heterocycles. The quantitative estimate of drug-likeness (QED) is 0.781. The minimum atomic E-state index is -0.379. The van der Waals surface area contributed by atoms with E-state index in [0.29, 0.717) is 18.7 Å². The number of hydrogen-bond donors (Lipinski definition) is 2. The SMILES string of the molecule is CCNC(=O)CN(C)Cc1cc(F)cc(C#CCO)c1. The molecule has 0 bridgehead atoms. The molecule has 0 saturated carbocycles. The smallest absolute Gasteiger partial charge is 0.234 e. The molecule has 0 unspecified atom stereocenters. The van der Waals surface area contributed by atoms with Gasteiger partial charge in [-0.1, -0.05) is 11.8 Å². The van der Waals surface area contributed by atoms with Crippen molar-refractivity contribution >= 4 is 5.91 Å². The Morgan fingerprint density at radius 3 is 2.85 bits per heavy atom. The zero-order valence-electron chi connectivity index (χ0n) is 11.7. The first-order valence-electron chi connectivity index (χ1n) is 6.39. The highest BCUT2D eigenvalue weighted by Gasteiger charge is 2.07. The summed E-state index contributed by atoms with van der Waals surface area (Å²) >= 11 is 0. The summed E-state index contributed by atoms with van der Waals surface area (Å²) in [5.74, 6) is 4.71. The van der Waals surface area contributed by atoms with Gasteiger partial charge in [0.15, 0.2) is 0 Å². The van der Waals surface area contributed by atoms with Crippen LogP contribution in [0.5, 0.6) is 0 Å². The summed E-state index contributed by atoms with van der Waals surface area (Å²) in [6.45, 7) is 2.89. The molecule has 0 radical (unpaired) electrons. The predicted molar refractivity (Wildman–Crippen MR) is 75.4 cm³/mol. The first-order valence-corrected chi connectivity index (χ1v) is 6.39. The number of halogens is 1. The molecular formula is C15H19FN2O2. The number of amides is 1. The highest BCUT2D eigenvalue weighted by Crippen LogP contribution is 2.10. The van der Waals surface area contributed by atoms with Crippen LogP contribution in [-0.2, 0) is 11.3 Å². The number of aliphatic hydroxyl groups is 1. The molecule has 20 heavy (non-hydrogen) atoms. The molecule has 0 spiro atoms. The molecular weight excluding hydrogens is 259 g/mol. The fraction of sp³-hybridized carbons (Fsp3) is 0.400. The van der Waals surface area contributed by atoms with E-state index < -0.39 is 0 Å². The van der Waals surface area contributed by atoms with Crippen molar-refractivity contribution in [1.82, 2.24) is 10.2 Å². The molecule has 0 aliphatic rings. The molecule has 108 valence electrons. The molecule has 0 heterocycles. The van der Waals surface area contributed by atoms with Crippen LogP contribution in [0.1, 0.15) is 18.1 Å². The summed E-state index contributed by atoms with van der Waals surface area (Å²) in [5, 5.41) is 11.3. The zero-order chi connectivity index (χ0) is 15.0. The van der Waals surface area contributed by atoms with Crippen molar-refractivity contribution in [2.75, 3.05) is 26.7 Å². The topological polar surface area (TPSA) is 52.6 Å². The molecule has 0 aliphatic heterocycles. The van der Waals surface area contributed by atoms with Crippen LogP contribution < -0.4 is 5.32 Å². The van der Waals surface area contributed by atoms with Gasteiger partial charge in [0.05, 0.1) is 6.54 Å². The van der Waals surface area contributed by atoms with E-state index in [1.807, 2.05) is 6.92 Å². The Bertz CT molecular complexity index is 520. The second-order valence-corrected chi connectivity index (χ2v) is 4.43. The Morgan fingerprint density at radius 1 is 1.45 bits per heavy atom. The zero-order valence-corrected chi connectivity index (χ0v) is 11.7. The first-order chi connectivity index (χ1) is 9.55.